The average Bonchev–Trinajstić information content (AvgIpc) is 1.94. The molecule has 1 aromatic rings. The second-order valence-corrected chi connectivity index (χ2v) is 6.41. The second-order valence-electron chi connectivity index (χ2n) is 2.15. The van der Waals surface area contributed by atoms with Gasteiger partial charge < -0.3 is 10.2 Å². The smallest absolute Gasteiger partial charge is 0.258 e. The largest absolute Gasteiger partial charge is 0.502 e. The van der Waals surface area contributed by atoms with E-state index in [0.717, 1.165) is 12.5 Å². The molecule has 0 unspecified atom stereocenters. The van der Waals surface area contributed by atoms with E-state index in [1.807, 2.05) is 0 Å². The van der Waals surface area contributed by atoms with Gasteiger partial charge in [0.25, 0.3) is 5.88 Å². The van der Waals surface area contributed by atoms with E-state index in [2.05, 4.69) is 9.97 Å². The molecule has 13 heavy (non-hydrogen) atoms. The highest BCUT2D eigenvalue weighted by atomic mass is 33.1. The van der Waals surface area contributed by atoms with E-state index in [0.29, 0.717) is 10.8 Å². The lowest BCUT2D eigenvalue weighted by molar-refractivity contribution is 0.380. The fourth-order valence-electron chi connectivity index (χ4n) is 0.526. The summed E-state index contributed by atoms with van der Waals surface area (Å²) in [6, 6.07) is 0. The number of hydrogen-bond acceptors (Lipinski definition) is 7. The molecule has 0 aromatic carbocycles. The quantitative estimate of drug-likeness (QED) is 0.534. The van der Waals surface area contributed by atoms with Crippen LogP contribution in [0.2, 0.25) is 0 Å². The summed E-state index contributed by atoms with van der Waals surface area (Å²) in [5, 5.41) is 17.6. The molecule has 0 saturated heterocycles. The lowest BCUT2D eigenvalue weighted by Gasteiger charge is -1.98. The molecule has 1 aromatic heterocycles. The molecule has 6 nitrogen and oxygen atoms in total. The molecule has 0 aliphatic carbocycles. The van der Waals surface area contributed by atoms with Crippen molar-refractivity contribution >= 4 is 19.7 Å². The molecule has 0 fully saturated rings. The van der Waals surface area contributed by atoms with Crippen molar-refractivity contribution in [2.24, 2.45) is 0 Å². The predicted octanol–water partition coefficient (Wildman–Crippen LogP) is -0.0605. The number of rotatable bonds is 2. The first-order chi connectivity index (χ1) is 5.88. The topological polar surface area (TPSA) is 100 Å². The van der Waals surface area contributed by atoms with Crippen LogP contribution < -0.4 is 0 Å². The monoisotopic (exact) mass is 222 g/mol. The summed E-state index contributed by atoms with van der Waals surface area (Å²) in [4.78, 5) is 6.82. The maximum Gasteiger partial charge on any atom is 0.258 e. The van der Waals surface area contributed by atoms with Gasteiger partial charge in [0.1, 0.15) is 0 Å². The van der Waals surface area contributed by atoms with Gasteiger partial charge in [0.2, 0.25) is 14.0 Å². The van der Waals surface area contributed by atoms with Crippen LogP contribution >= 0.6 is 10.8 Å². The van der Waals surface area contributed by atoms with Crippen LogP contribution in [0.3, 0.4) is 0 Å². The van der Waals surface area contributed by atoms with Gasteiger partial charge in [0.15, 0.2) is 5.75 Å². The van der Waals surface area contributed by atoms with Gasteiger partial charge in [-0.3, -0.25) is 0 Å². The lowest BCUT2D eigenvalue weighted by Crippen LogP contribution is -1.92. The van der Waals surface area contributed by atoms with Crippen molar-refractivity contribution in [2.75, 3.05) is 6.26 Å². The Labute approximate surface area is 78.0 Å². The number of aromatic hydroxyl groups is 2. The Morgan fingerprint density at radius 1 is 1.46 bits per heavy atom. The Hall–Kier alpha value is -1.02. The Morgan fingerprint density at radius 2 is 2.08 bits per heavy atom. The Bertz CT molecular complexity index is 417. The molecular weight excluding hydrogens is 216 g/mol. The third-order valence-electron chi connectivity index (χ3n) is 0.954. The Kier molecular flexibility index (Phi) is 2.62. The molecule has 0 saturated carbocycles. The maximum atomic E-state index is 10.7. The van der Waals surface area contributed by atoms with Crippen molar-refractivity contribution in [3.63, 3.8) is 0 Å². The highest BCUT2D eigenvalue weighted by Crippen LogP contribution is 2.25. The van der Waals surface area contributed by atoms with Crippen molar-refractivity contribution in [2.45, 2.75) is 5.16 Å². The van der Waals surface area contributed by atoms with E-state index in [1.165, 1.54) is 0 Å². The van der Waals surface area contributed by atoms with E-state index in [9.17, 15) is 8.42 Å². The van der Waals surface area contributed by atoms with Gasteiger partial charge in [0, 0.05) is 17.0 Å². The summed E-state index contributed by atoms with van der Waals surface area (Å²) in [6.07, 6.45) is 1.92. The van der Waals surface area contributed by atoms with E-state index < -0.39 is 20.5 Å². The van der Waals surface area contributed by atoms with Gasteiger partial charge in [0.05, 0.1) is 6.20 Å². The fourth-order valence-corrected chi connectivity index (χ4v) is 2.07. The van der Waals surface area contributed by atoms with Crippen LogP contribution in [0, 0.1) is 0 Å². The molecule has 1 rings (SSSR count). The lowest BCUT2D eigenvalue weighted by atomic mass is 10.6. The van der Waals surface area contributed by atoms with Crippen LogP contribution in [0.5, 0.6) is 11.6 Å². The first kappa shape index (κ1) is 10.1. The third kappa shape index (κ3) is 3.07. The zero-order valence-electron chi connectivity index (χ0n) is 6.50. The van der Waals surface area contributed by atoms with Crippen molar-refractivity contribution in [3.8, 4) is 11.6 Å². The number of aromatic nitrogens is 2. The van der Waals surface area contributed by atoms with E-state index in [4.69, 9.17) is 10.2 Å². The van der Waals surface area contributed by atoms with Gasteiger partial charge in [-0.2, -0.15) is 4.98 Å². The molecule has 0 aliphatic heterocycles. The molecule has 72 valence electrons. The van der Waals surface area contributed by atoms with Crippen molar-refractivity contribution in [1.29, 1.82) is 0 Å². The molecule has 0 amide bonds. The van der Waals surface area contributed by atoms with Gasteiger partial charge in [-0.05, 0) is 0 Å². The zero-order valence-corrected chi connectivity index (χ0v) is 8.13. The maximum absolute atomic E-state index is 10.7. The van der Waals surface area contributed by atoms with Gasteiger partial charge in [-0.25, -0.2) is 13.4 Å². The SMILES string of the molecule is CS(=O)(=O)Sc1ncc(O)c(O)n1. The summed E-state index contributed by atoms with van der Waals surface area (Å²) in [6.45, 7) is 0. The minimum absolute atomic E-state index is 0.127. The first-order valence-corrected chi connectivity index (χ1v) is 6.25. The first-order valence-electron chi connectivity index (χ1n) is 3.03. The summed E-state index contributed by atoms with van der Waals surface area (Å²) in [5.74, 6) is -1.13. The van der Waals surface area contributed by atoms with Gasteiger partial charge >= 0.3 is 0 Å². The Balaban J connectivity index is 2.99. The normalized spacial score (nSPS) is 11.5. The second kappa shape index (κ2) is 3.38. The molecule has 8 heteroatoms. The van der Waals surface area contributed by atoms with Crippen molar-refractivity contribution < 1.29 is 18.6 Å². The molecule has 1 heterocycles. The minimum atomic E-state index is -3.31. The summed E-state index contributed by atoms with van der Waals surface area (Å²) in [7, 11) is -2.91. The van der Waals surface area contributed by atoms with E-state index >= 15 is 0 Å². The number of nitrogens with zero attached hydrogens (tertiary/aromatic N) is 2. The van der Waals surface area contributed by atoms with Crippen molar-refractivity contribution in [1.82, 2.24) is 9.97 Å². The third-order valence-corrected chi connectivity index (χ3v) is 2.96. The number of hydrogen-bond donors (Lipinski definition) is 2. The molecule has 2 N–H and O–H groups in total. The van der Waals surface area contributed by atoms with Gasteiger partial charge in [-0.15, -0.1) is 0 Å². The molecule has 0 spiro atoms. The van der Waals surface area contributed by atoms with E-state index in [1.54, 1.807) is 0 Å². The highest BCUT2D eigenvalue weighted by molar-refractivity contribution is 8.71. The van der Waals surface area contributed by atoms with Crippen molar-refractivity contribution in [3.05, 3.63) is 6.20 Å². The highest BCUT2D eigenvalue weighted by Gasteiger charge is 2.10. The van der Waals surface area contributed by atoms with Crippen LogP contribution in [-0.4, -0.2) is 34.9 Å². The molecule has 0 bridgehead atoms. The standard InChI is InChI=1S/C5H6N2O4S2/c1-13(10,11)12-5-6-2-3(8)4(9)7-5/h2,8H,1H3,(H,6,7,9). The summed E-state index contributed by atoms with van der Waals surface area (Å²) < 4.78 is 21.5. The summed E-state index contributed by atoms with van der Waals surface area (Å²) >= 11 is 0. The molecule has 0 radical (unpaired) electrons. The molecule has 0 aliphatic rings. The predicted molar refractivity (Wildman–Crippen MR) is 46.1 cm³/mol. The fraction of sp³-hybridized carbons (Fsp3) is 0.200. The van der Waals surface area contributed by atoms with Gasteiger partial charge in [-0.1, -0.05) is 0 Å². The Morgan fingerprint density at radius 3 is 2.54 bits per heavy atom. The van der Waals surface area contributed by atoms with E-state index in [-0.39, 0.29) is 5.16 Å². The minimum Gasteiger partial charge on any atom is -0.502 e. The zero-order chi connectivity index (χ0) is 10.1. The van der Waals surface area contributed by atoms with Crippen LogP contribution in [0.4, 0.5) is 0 Å². The average molecular weight is 222 g/mol. The van der Waals surface area contributed by atoms with Crippen LogP contribution in [0.15, 0.2) is 11.4 Å². The molecule has 0 atom stereocenters. The van der Waals surface area contributed by atoms with Crippen LogP contribution in [-0.2, 0) is 8.87 Å². The van der Waals surface area contributed by atoms with Crippen LogP contribution in [0.1, 0.15) is 0 Å². The molecular formula is C5H6N2O4S2. The summed E-state index contributed by atoms with van der Waals surface area (Å²) in [5.41, 5.74) is 0. The van der Waals surface area contributed by atoms with Crippen LogP contribution in [0.25, 0.3) is 0 Å².